The van der Waals surface area contributed by atoms with E-state index in [1.54, 1.807) is 0 Å². The van der Waals surface area contributed by atoms with Crippen LogP contribution in [0.3, 0.4) is 0 Å². The van der Waals surface area contributed by atoms with Gasteiger partial charge in [0.15, 0.2) is 0 Å². The third kappa shape index (κ3) is 9.24. The number of rotatable bonds is 11. The van der Waals surface area contributed by atoms with Crippen molar-refractivity contribution in [1.29, 1.82) is 0 Å². The fourth-order valence-corrected chi connectivity index (χ4v) is 3.27. The first-order valence-electron chi connectivity index (χ1n) is 8.84. The summed E-state index contributed by atoms with van der Waals surface area (Å²) in [5.41, 5.74) is 0. The molecule has 0 bridgehead atoms. The number of hydrogen-bond donors (Lipinski definition) is 0. The Morgan fingerprint density at radius 2 is 1.42 bits per heavy atom. The van der Waals surface area contributed by atoms with E-state index < -0.39 is 0 Å². The Labute approximate surface area is 120 Å². The molecule has 1 heteroatoms. The quantitative estimate of drug-likeness (QED) is 0.416. The summed E-state index contributed by atoms with van der Waals surface area (Å²) in [6.07, 6.45) is 19.1. The van der Waals surface area contributed by atoms with E-state index in [9.17, 15) is 4.79 Å². The van der Waals surface area contributed by atoms with E-state index in [4.69, 9.17) is 0 Å². The minimum absolute atomic E-state index is 0.540. The summed E-state index contributed by atoms with van der Waals surface area (Å²) in [6.45, 7) is 2.26. The van der Waals surface area contributed by atoms with Crippen LogP contribution >= 0.6 is 0 Å². The van der Waals surface area contributed by atoms with Gasteiger partial charge in [-0.25, -0.2) is 0 Å². The maximum Gasteiger partial charge on any atom is 0.133 e. The Hall–Kier alpha value is -0.330. The van der Waals surface area contributed by atoms with Crippen LogP contribution in [0.15, 0.2) is 0 Å². The summed E-state index contributed by atoms with van der Waals surface area (Å²) in [5, 5.41) is 0. The van der Waals surface area contributed by atoms with Crippen LogP contribution in [-0.4, -0.2) is 5.78 Å². The molecule has 1 aliphatic rings. The fourth-order valence-electron chi connectivity index (χ4n) is 3.27. The number of carbonyl (C=O) groups excluding carboxylic acids is 1. The molecule has 1 nitrogen and oxygen atoms in total. The van der Waals surface area contributed by atoms with Gasteiger partial charge in [0.1, 0.15) is 5.78 Å². The molecule has 0 heterocycles. The minimum atomic E-state index is 0.540. The molecule has 1 rings (SSSR count). The first-order valence-corrected chi connectivity index (χ1v) is 8.84. The number of unbranched alkanes of at least 4 members (excludes halogenated alkanes) is 7. The molecule has 0 aromatic heterocycles. The standard InChI is InChI=1S/C18H34O/c1-2-3-4-5-6-7-8-12-15-18(19)16-17-13-10-9-11-14-17/h17H,2-16H2,1H3. The third-order valence-electron chi connectivity index (χ3n) is 4.55. The molecule has 1 fully saturated rings. The van der Waals surface area contributed by atoms with Gasteiger partial charge in [-0.2, -0.15) is 0 Å². The van der Waals surface area contributed by atoms with Crippen molar-refractivity contribution < 1.29 is 4.79 Å². The van der Waals surface area contributed by atoms with Gasteiger partial charge in [-0.15, -0.1) is 0 Å². The first kappa shape index (κ1) is 16.7. The zero-order valence-corrected chi connectivity index (χ0v) is 13.1. The van der Waals surface area contributed by atoms with Crippen LogP contribution in [0.5, 0.6) is 0 Å². The first-order chi connectivity index (χ1) is 9.33. The fraction of sp³-hybridized carbons (Fsp3) is 0.944. The van der Waals surface area contributed by atoms with Crippen molar-refractivity contribution in [2.75, 3.05) is 0 Å². The second kappa shape index (κ2) is 11.5. The highest BCUT2D eigenvalue weighted by atomic mass is 16.1. The van der Waals surface area contributed by atoms with Crippen molar-refractivity contribution in [3.8, 4) is 0 Å². The third-order valence-corrected chi connectivity index (χ3v) is 4.55. The molecular formula is C18H34O. The molecule has 0 aromatic carbocycles. The summed E-state index contributed by atoms with van der Waals surface area (Å²) in [7, 11) is 0. The highest BCUT2D eigenvalue weighted by Gasteiger charge is 2.16. The summed E-state index contributed by atoms with van der Waals surface area (Å²) in [4.78, 5) is 11.9. The largest absolute Gasteiger partial charge is 0.300 e. The lowest BCUT2D eigenvalue weighted by atomic mass is 9.85. The predicted molar refractivity (Wildman–Crippen MR) is 83.4 cm³/mol. The molecule has 0 unspecified atom stereocenters. The molecule has 0 atom stereocenters. The molecular weight excluding hydrogens is 232 g/mol. The monoisotopic (exact) mass is 266 g/mol. The number of hydrogen-bond acceptors (Lipinski definition) is 1. The van der Waals surface area contributed by atoms with Crippen LogP contribution in [-0.2, 0) is 4.79 Å². The molecule has 0 spiro atoms. The zero-order valence-electron chi connectivity index (χ0n) is 13.1. The van der Waals surface area contributed by atoms with E-state index in [2.05, 4.69) is 6.92 Å². The van der Waals surface area contributed by atoms with E-state index in [1.165, 1.54) is 77.0 Å². The second-order valence-corrected chi connectivity index (χ2v) is 6.47. The Morgan fingerprint density at radius 1 is 0.842 bits per heavy atom. The molecule has 112 valence electrons. The van der Waals surface area contributed by atoms with Crippen LogP contribution in [0, 0.1) is 5.92 Å². The van der Waals surface area contributed by atoms with Crippen molar-refractivity contribution in [3.63, 3.8) is 0 Å². The van der Waals surface area contributed by atoms with E-state index in [-0.39, 0.29) is 0 Å². The van der Waals surface area contributed by atoms with Crippen molar-refractivity contribution >= 4 is 5.78 Å². The number of Topliss-reactive ketones (excluding diaryl/α,β-unsaturated/α-hetero) is 1. The molecule has 19 heavy (non-hydrogen) atoms. The summed E-state index contributed by atoms with van der Waals surface area (Å²) in [6, 6.07) is 0. The van der Waals surface area contributed by atoms with Gasteiger partial charge in [0.2, 0.25) is 0 Å². The molecule has 0 aromatic rings. The molecule has 0 amide bonds. The maximum absolute atomic E-state index is 11.9. The second-order valence-electron chi connectivity index (χ2n) is 6.47. The molecule has 0 aliphatic heterocycles. The predicted octanol–water partition coefficient (Wildman–Crippen LogP) is 6.06. The molecule has 0 N–H and O–H groups in total. The smallest absolute Gasteiger partial charge is 0.133 e. The zero-order chi connectivity index (χ0) is 13.8. The van der Waals surface area contributed by atoms with Crippen molar-refractivity contribution in [2.45, 2.75) is 103 Å². The SMILES string of the molecule is CCCCCCCCCCC(=O)CC1CCCCC1. The van der Waals surface area contributed by atoms with E-state index in [0.717, 1.165) is 25.2 Å². The Morgan fingerprint density at radius 3 is 2.05 bits per heavy atom. The lowest BCUT2D eigenvalue weighted by Gasteiger charge is -2.20. The van der Waals surface area contributed by atoms with Gasteiger partial charge < -0.3 is 0 Å². The maximum atomic E-state index is 11.9. The van der Waals surface area contributed by atoms with Crippen molar-refractivity contribution in [1.82, 2.24) is 0 Å². The van der Waals surface area contributed by atoms with Gasteiger partial charge in [0, 0.05) is 12.8 Å². The highest BCUT2D eigenvalue weighted by Crippen LogP contribution is 2.27. The van der Waals surface area contributed by atoms with Gasteiger partial charge in [-0.3, -0.25) is 4.79 Å². The van der Waals surface area contributed by atoms with Crippen LogP contribution in [0.1, 0.15) is 103 Å². The average molecular weight is 266 g/mol. The lowest BCUT2D eigenvalue weighted by molar-refractivity contribution is -0.120. The number of carbonyl (C=O) groups is 1. The summed E-state index contributed by atoms with van der Waals surface area (Å²) >= 11 is 0. The van der Waals surface area contributed by atoms with Crippen LogP contribution < -0.4 is 0 Å². The van der Waals surface area contributed by atoms with E-state index >= 15 is 0 Å². The highest BCUT2D eigenvalue weighted by molar-refractivity contribution is 5.78. The molecule has 0 saturated heterocycles. The summed E-state index contributed by atoms with van der Waals surface area (Å²) < 4.78 is 0. The molecule has 1 aliphatic carbocycles. The van der Waals surface area contributed by atoms with E-state index in [0.29, 0.717) is 5.78 Å². The van der Waals surface area contributed by atoms with E-state index in [1.807, 2.05) is 0 Å². The normalized spacial score (nSPS) is 16.7. The van der Waals surface area contributed by atoms with Crippen LogP contribution in [0.25, 0.3) is 0 Å². The van der Waals surface area contributed by atoms with Crippen molar-refractivity contribution in [3.05, 3.63) is 0 Å². The van der Waals surface area contributed by atoms with Gasteiger partial charge in [0.25, 0.3) is 0 Å². The van der Waals surface area contributed by atoms with Gasteiger partial charge in [0.05, 0.1) is 0 Å². The Bertz CT molecular complexity index is 216. The lowest BCUT2D eigenvalue weighted by Crippen LogP contribution is -2.11. The summed E-state index contributed by atoms with van der Waals surface area (Å²) in [5.74, 6) is 1.27. The number of ketones is 1. The van der Waals surface area contributed by atoms with Crippen LogP contribution in [0.4, 0.5) is 0 Å². The molecule has 0 radical (unpaired) electrons. The van der Waals surface area contributed by atoms with Crippen molar-refractivity contribution in [2.24, 2.45) is 5.92 Å². The van der Waals surface area contributed by atoms with Gasteiger partial charge in [-0.1, -0.05) is 84.0 Å². The van der Waals surface area contributed by atoms with Gasteiger partial charge >= 0.3 is 0 Å². The van der Waals surface area contributed by atoms with Crippen LogP contribution in [0.2, 0.25) is 0 Å². The molecule has 1 saturated carbocycles. The Balaban J connectivity index is 1.87. The Kier molecular flexibility index (Phi) is 10.1. The average Bonchev–Trinajstić information content (AvgIpc) is 2.43. The topological polar surface area (TPSA) is 17.1 Å². The van der Waals surface area contributed by atoms with Gasteiger partial charge in [-0.05, 0) is 12.3 Å². The minimum Gasteiger partial charge on any atom is -0.300 e.